The van der Waals surface area contributed by atoms with Gasteiger partial charge in [0, 0.05) is 36.5 Å². The van der Waals surface area contributed by atoms with Crippen molar-refractivity contribution in [3.8, 4) is 11.3 Å². The van der Waals surface area contributed by atoms with Crippen LogP contribution in [0.2, 0.25) is 5.02 Å². The molecule has 41 heavy (non-hydrogen) atoms. The van der Waals surface area contributed by atoms with Crippen molar-refractivity contribution in [3.05, 3.63) is 81.9 Å². The first kappa shape index (κ1) is 28.2. The van der Waals surface area contributed by atoms with Gasteiger partial charge in [0.25, 0.3) is 12.3 Å². The van der Waals surface area contributed by atoms with Crippen molar-refractivity contribution >= 4 is 34.9 Å². The third kappa shape index (κ3) is 5.51. The number of amides is 2. The molecule has 1 saturated heterocycles. The molecule has 13 heteroatoms. The van der Waals surface area contributed by atoms with E-state index in [-0.39, 0.29) is 34.1 Å². The SMILES string of the molecule is Cc1cc(C(C)n2cc(NC(=O)c3nc(-c4c(C(F)F)ccc(Cl)c4F)cnc3C)cn2)cnc1N1CCCC1=O. The summed E-state index contributed by atoms with van der Waals surface area (Å²) >= 11 is 5.83. The molecule has 212 valence electrons. The fourth-order valence-corrected chi connectivity index (χ4v) is 4.88. The third-order valence-electron chi connectivity index (χ3n) is 6.93. The standard InChI is InChI=1S/C28H25ClF3N7O2/c1-14-9-17(10-34-27(14)38-8-4-5-22(38)40)16(3)39-13-18(11-35-39)36-28(41)25-15(2)33-12-21(37-25)23-19(26(31)32)6-7-20(29)24(23)30/h6-7,9-13,16,26H,4-5,8H2,1-3H3,(H,36,41). The van der Waals surface area contributed by atoms with E-state index in [0.717, 1.165) is 35.9 Å². The first-order valence-electron chi connectivity index (χ1n) is 12.8. The summed E-state index contributed by atoms with van der Waals surface area (Å²) in [5.41, 5.74) is 0.732. The zero-order valence-electron chi connectivity index (χ0n) is 22.3. The Bertz CT molecular complexity index is 1660. The number of rotatable bonds is 7. The second kappa shape index (κ2) is 11.3. The highest BCUT2D eigenvalue weighted by Gasteiger charge is 2.26. The van der Waals surface area contributed by atoms with Gasteiger partial charge in [-0.3, -0.25) is 24.2 Å². The number of carbonyl (C=O) groups excluding carboxylic acids is 2. The van der Waals surface area contributed by atoms with Crippen molar-refractivity contribution in [2.75, 3.05) is 16.8 Å². The van der Waals surface area contributed by atoms with Gasteiger partial charge in [0.15, 0.2) is 5.82 Å². The molecule has 0 spiro atoms. The lowest BCUT2D eigenvalue weighted by molar-refractivity contribution is -0.117. The molecule has 4 heterocycles. The minimum Gasteiger partial charge on any atom is -0.318 e. The number of nitrogens with one attached hydrogen (secondary N) is 1. The summed E-state index contributed by atoms with van der Waals surface area (Å²) in [6.07, 6.45) is 4.22. The molecule has 1 unspecified atom stereocenters. The van der Waals surface area contributed by atoms with Crippen LogP contribution in [-0.2, 0) is 4.79 Å². The molecule has 2 amide bonds. The summed E-state index contributed by atoms with van der Waals surface area (Å²) in [6, 6.07) is 3.75. The van der Waals surface area contributed by atoms with Crippen LogP contribution in [0.5, 0.6) is 0 Å². The van der Waals surface area contributed by atoms with Crippen LogP contribution in [0.1, 0.15) is 65.1 Å². The predicted octanol–water partition coefficient (Wildman–Crippen LogP) is 6.07. The van der Waals surface area contributed by atoms with Crippen LogP contribution < -0.4 is 10.2 Å². The molecular weight excluding hydrogens is 559 g/mol. The fraction of sp³-hybridized carbons (Fsp3) is 0.286. The van der Waals surface area contributed by atoms with Crippen LogP contribution in [0.4, 0.5) is 24.7 Å². The van der Waals surface area contributed by atoms with Crippen LogP contribution >= 0.6 is 11.6 Å². The summed E-state index contributed by atoms with van der Waals surface area (Å²) in [4.78, 5) is 39.7. The van der Waals surface area contributed by atoms with Crippen LogP contribution in [0.3, 0.4) is 0 Å². The van der Waals surface area contributed by atoms with Crippen LogP contribution in [0.25, 0.3) is 11.3 Å². The molecule has 1 aliphatic rings. The zero-order chi connectivity index (χ0) is 29.4. The Morgan fingerprint density at radius 1 is 1.15 bits per heavy atom. The Balaban J connectivity index is 1.36. The van der Waals surface area contributed by atoms with Crippen LogP contribution in [0.15, 0.2) is 43.0 Å². The first-order valence-corrected chi connectivity index (χ1v) is 13.2. The van der Waals surface area contributed by atoms with Gasteiger partial charge in [0.05, 0.1) is 40.5 Å². The number of pyridine rings is 1. The average molecular weight is 584 g/mol. The number of alkyl halides is 2. The number of aryl methyl sites for hydroxylation is 2. The van der Waals surface area contributed by atoms with Crippen molar-refractivity contribution in [1.29, 1.82) is 0 Å². The van der Waals surface area contributed by atoms with E-state index in [0.29, 0.717) is 24.5 Å². The number of nitrogens with zero attached hydrogens (tertiary/aromatic N) is 6. The molecule has 9 nitrogen and oxygen atoms in total. The molecule has 0 bridgehead atoms. The van der Waals surface area contributed by atoms with Gasteiger partial charge in [-0.1, -0.05) is 17.7 Å². The van der Waals surface area contributed by atoms with Crippen LogP contribution in [0, 0.1) is 19.7 Å². The maximum absolute atomic E-state index is 14.8. The summed E-state index contributed by atoms with van der Waals surface area (Å²) in [6.45, 7) is 5.98. The maximum Gasteiger partial charge on any atom is 0.276 e. The van der Waals surface area contributed by atoms with Gasteiger partial charge in [-0.15, -0.1) is 0 Å². The summed E-state index contributed by atoms with van der Waals surface area (Å²) < 4.78 is 43.6. The van der Waals surface area contributed by atoms with Gasteiger partial charge in [0.1, 0.15) is 11.5 Å². The number of hydrogen-bond acceptors (Lipinski definition) is 6. The summed E-state index contributed by atoms with van der Waals surface area (Å²) in [7, 11) is 0. The van der Waals surface area contributed by atoms with Gasteiger partial charge < -0.3 is 5.32 Å². The largest absolute Gasteiger partial charge is 0.318 e. The average Bonchev–Trinajstić information content (AvgIpc) is 3.58. The topological polar surface area (TPSA) is 106 Å². The monoisotopic (exact) mass is 583 g/mol. The molecule has 5 rings (SSSR count). The molecule has 0 saturated carbocycles. The lowest BCUT2D eigenvalue weighted by Crippen LogP contribution is -2.25. The first-order chi connectivity index (χ1) is 19.5. The number of carbonyl (C=O) groups is 2. The highest BCUT2D eigenvalue weighted by Crippen LogP contribution is 2.35. The lowest BCUT2D eigenvalue weighted by atomic mass is 10.0. The Kier molecular flexibility index (Phi) is 7.76. The second-order valence-corrected chi connectivity index (χ2v) is 10.1. The minimum absolute atomic E-state index is 0.0616. The number of hydrogen-bond donors (Lipinski definition) is 1. The highest BCUT2D eigenvalue weighted by atomic mass is 35.5. The molecule has 4 aromatic rings. The molecule has 1 aromatic carbocycles. The van der Waals surface area contributed by atoms with E-state index in [4.69, 9.17) is 11.6 Å². The van der Waals surface area contributed by atoms with Crippen molar-refractivity contribution in [1.82, 2.24) is 24.7 Å². The van der Waals surface area contributed by atoms with E-state index in [1.807, 2.05) is 19.9 Å². The van der Waals surface area contributed by atoms with Gasteiger partial charge >= 0.3 is 0 Å². The zero-order valence-corrected chi connectivity index (χ0v) is 23.1. The third-order valence-corrected chi connectivity index (χ3v) is 7.22. The van der Waals surface area contributed by atoms with E-state index >= 15 is 0 Å². The van der Waals surface area contributed by atoms with E-state index in [9.17, 15) is 22.8 Å². The molecule has 1 atom stereocenters. The minimum atomic E-state index is -3.00. The number of benzene rings is 1. The predicted molar refractivity (Wildman–Crippen MR) is 147 cm³/mol. The molecule has 1 fully saturated rings. The number of aromatic nitrogens is 5. The smallest absolute Gasteiger partial charge is 0.276 e. The maximum atomic E-state index is 14.8. The summed E-state index contributed by atoms with van der Waals surface area (Å²) in [5.74, 6) is -1.04. The second-order valence-electron chi connectivity index (χ2n) is 9.71. The van der Waals surface area contributed by atoms with Crippen molar-refractivity contribution in [3.63, 3.8) is 0 Å². The molecule has 0 radical (unpaired) electrons. The molecule has 1 aliphatic heterocycles. The molecule has 0 aliphatic carbocycles. The molecular formula is C28H25ClF3N7O2. The van der Waals surface area contributed by atoms with Gasteiger partial charge in [-0.2, -0.15) is 5.10 Å². The Hall–Kier alpha value is -4.32. The molecule has 1 N–H and O–H groups in total. The highest BCUT2D eigenvalue weighted by molar-refractivity contribution is 6.31. The van der Waals surface area contributed by atoms with Gasteiger partial charge in [-0.05, 0) is 50.5 Å². The van der Waals surface area contributed by atoms with E-state index in [2.05, 4.69) is 25.4 Å². The molecule has 3 aromatic heterocycles. The van der Waals surface area contributed by atoms with Crippen molar-refractivity contribution < 1.29 is 22.8 Å². The van der Waals surface area contributed by atoms with Gasteiger partial charge in [0.2, 0.25) is 5.91 Å². The van der Waals surface area contributed by atoms with Crippen molar-refractivity contribution in [2.24, 2.45) is 0 Å². The van der Waals surface area contributed by atoms with E-state index in [1.165, 1.54) is 13.1 Å². The Morgan fingerprint density at radius 2 is 1.93 bits per heavy atom. The van der Waals surface area contributed by atoms with Crippen molar-refractivity contribution in [2.45, 2.75) is 46.1 Å². The number of halogens is 4. The lowest BCUT2D eigenvalue weighted by Gasteiger charge is -2.19. The summed E-state index contributed by atoms with van der Waals surface area (Å²) in [5, 5.41) is 6.67. The number of anilines is 2. The van der Waals surface area contributed by atoms with Gasteiger partial charge in [-0.25, -0.2) is 23.1 Å². The van der Waals surface area contributed by atoms with E-state index < -0.39 is 29.3 Å². The van der Waals surface area contributed by atoms with E-state index in [1.54, 1.807) is 22.0 Å². The Labute approximate surface area is 238 Å². The quantitative estimate of drug-likeness (QED) is 0.283. The van der Waals surface area contributed by atoms with Crippen LogP contribution in [-0.4, -0.2) is 43.1 Å². The normalized spacial score (nSPS) is 14.1. The Morgan fingerprint density at radius 3 is 2.61 bits per heavy atom. The fourth-order valence-electron chi connectivity index (χ4n) is 4.72.